The van der Waals surface area contributed by atoms with Crippen molar-refractivity contribution in [2.75, 3.05) is 6.54 Å². The van der Waals surface area contributed by atoms with E-state index in [9.17, 15) is 4.39 Å². The molecule has 1 saturated carbocycles. The molecule has 3 heteroatoms. The van der Waals surface area contributed by atoms with Crippen molar-refractivity contribution < 1.29 is 4.39 Å². The standard InChI is InChI=1S/C14H21FN2/c1-4-7-16-13-8-11(14(13,2)3)12-6-5-10(15)9-17-12/h5-6,9,11,13,16H,4,7-8H2,1-3H3. The molecule has 0 amide bonds. The van der Waals surface area contributed by atoms with E-state index in [-0.39, 0.29) is 11.2 Å². The summed E-state index contributed by atoms with van der Waals surface area (Å²) in [5.74, 6) is 0.184. The molecule has 1 aromatic rings. The molecular weight excluding hydrogens is 215 g/mol. The lowest BCUT2D eigenvalue weighted by Crippen LogP contribution is -2.55. The van der Waals surface area contributed by atoms with Gasteiger partial charge in [-0.05, 0) is 36.9 Å². The van der Waals surface area contributed by atoms with E-state index in [1.165, 1.54) is 12.3 Å². The highest BCUT2D eigenvalue weighted by molar-refractivity contribution is 5.21. The van der Waals surface area contributed by atoms with Crippen molar-refractivity contribution in [2.45, 2.75) is 45.6 Å². The van der Waals surface area contributed by atoms with E-state index in [2.05, 4.69) is 31.1 Å². The Hall–Kier alpha value is -0.960. The fourth-order valence-corrected chi connectivity index (χ4v) is 2.69. The Morgan fingerprint density at radius 2 is 2.24 bits per heavy atom. The second-order valence-corrected chi connectivity index (χ2v) is 5.52. The molecule has 1 aromatic heterocycles. The summed E-state index contributed by atoms with van der Waals surface area (Å²) >= 11 is 0. The van der Waals surface area contributed by atoms with Crippen molar-refractivity contribution in [2.24, 2.45) is 5.41 Å². The lowest BCUT2D eigenvalue weighted by Gasteiger charge is -2.52. The summed E-state index contributed by atoms with van der Waals surface area (Å²) in [4.78, 5) is 4.21. The summed E-state index contributed by atoms with van der Waals surface area (Å²) in [5.41, 5.74) is 1.23. The molecule has 0 radical (unpaired) electrons. The molecule has 0 saturated heterocycles. The van der Waals surface area contributed by atoms with Crippen molar-refractivity contribution in [3.8, 4) is 0 Å². The summed E-state index contributed by atoms with van der Waals surface area (Å²) in [5, 5.41) is 3.57. The molecule has 94 valence electrons. The monoisotopic (exact) mass is 236 g/mol. The maximum Gasteiger partial charge on any atom is 0.141 e. The molecule has 1 N–H and O–H groups in total. The van der Waals surface area contributed by atoms with E-state index >= 15 is 0 Å². The van der Waals surface area contributed by atoms with Gasteiger partial charge in [0.2, 0.25) is 0 Å². The van der Waals surface area contributed by atoms with Crippen molar-refractivity contribution in [1.82, 2.24) is 10.3 Å². The second-order valence-electron chi connectivity index (χ2n) is 5.52. The molecule has 1 heterocycles. The fraction of sp³-hybridized carbons (Fsp3) is 0.643. The SMILES string of the molecule is CCCNC1CC(c2ccc(F)cn2)C1(C)C. The third-order valence-electron chi connectivity index (χ3n) is 4.02. The number of aromatic nitrogens is 1. The van der Waals surface area contributed by atoms with E-state index in [1.807, 2.05) is 6.07 Å². The highest BCUT2D eigenvalue weighted by Crippen LogP contribution is 2.51. The Bertz CT molecular complexity index is 372. The minimum atomic E-state index is -0.258. The zero-order valence-electron chi connectivity index (χ0n) is 10.8. The number of hydrogen-bond donors (Lipinski definition) is 1. The van der Waals surface area contributed by atoms with Crippen LogP contribution >= 0.6 is 0 Å². The van der Waals surface area contributed by atoms with Gasteiger partial charge in [0.25, 0.3) is 0 Å². The van der Waals surface area contributed by atoms with E-state index in [0.29, 0.717) is 12.0 Å². The van der Waals surface area contributed by atoms with Gasteiger partial charge >= 0.3 is 0 Å². The lowest BCUT2D eigenvalue weighted by molar-refractivity contribution is 0.0668. The minimum absolute atomic E-state index is 0.208. The molecule has 1 aliphatic carbocycles. The maximum atomic E-state index is 12.8. The van der Waals surface area contributed by atoms with Crippen LogP contribution in [0.3, 0.4) is 0 Å². The summed E-state index contributed by atoms with van der Waals surface area (Å²) in [6.07, 6.45) is 3.58. The Kier molecular flexibility index (Phi) is 3.48. The first-order chi connectivity index (χ1) is 8.05. The van der Waals surface area contributed by atoms with E-state index in [4.69, 9.17) is 0 Å². The van der Waals surface area contributed by atoms with Crippen molar-refractivity contribution in [1.29, 1.82) is 0 Å². The van der Waals surface area contributed by atoms with Gasteiger partial charge in [0, 0.05) is 17.7 Å². The molecule has 2 nitrogen and oxygen atoms in total. The lowest BCUT2D eigenvalue weighted by atomic mass is 9.57. The molecule has 0 aliphatic heterocycles. The van der Waals surface area contributed by atoms with Gasteiger partial charge in [-0.15, -0.1) is 0 Å². The molecule has 0 aromatic carbocycles. The molecule has 2 atom stereocenters. The third-order valence-corrected chi connectivity index (χ3v) is 4.02. The average Bonchev–Trinajstić information content (AvgIpc) is 2.30. The molecule has 2 rings (SSSR count). The largest absolute Gasteiger partial charge is 0.313 e. The minimum Gasteiger partial charge on any atom is -0.313 e. The number of nitrogens with one attached hydrogen (secondary N) is 1. The first-order valence-electron chi connectivity index (χ1n) is 6.40. The molecule has 1 aliphatic rings. The van der Waals surface area contributed by atoms with Gasteiger partial charge in [-0.25, -0.2) is 4.39 Å². The number of hydrogen-bond acceptors (Lipinski definition) is 2. The quantitative estimate of drug-likeness (QED) is 0.869. The number of pyridine rings is 1. The molecule has 0 spiro atoms. The van der Waals surface area contributed by atoms with Crippen LogP contribution in [0.4, 0.5) is 4.39 Å². The first-order valence-corrected chi connectivity index (χ1v) is 6.40. The van der Waals surface area contributed by atoms with Crippen LogP contribution in [0, 0.1) is 11.2 Å². The third kappa shape index (κ3) is 2.34. The van der Waals surface area contributed by atoms with Crippen LogP contribution in [0.15, 0.2) is 18.3 Å². The van der Waals surface area contributed by atoms with Crippen molar-refractivity contribution in [3.05, 3.63) is 29.8 Å². The predicted octanol–water partition coefficient (Wildman–Crippen LogP) is 3.10. The highest BCUT2D eigenvalue weighted by Gasteiger charge is 2.48. The Morgan fingerprint density at radius 3 is 2.76 bits per heavy atom. The number of halogens is 1. The topological polar surface area (TPSA) is 24.9 Å². The van der Waals surface area contributed by atoms with Gasteiger partial charge < -0.3 is 5.32 Å². The predicted molar refractivity (Wildman–Crippen MR) is 67.4 cm³/mol. The summed E-state index contributed by atoms with van der Waals surface area (Å²) in [6.45, 7) is 7.77. The summed E-state index contributed by atoms with van der Waals surface area (Å²) in [7, 11) is 0. The van der Waals surface area contributed by atoms with E-state index < -0.39 is 0 Å². The average molecular weight is 236 g/mol. The zero-order chi connectivity index (χ0) is 12.5. The van der Waals surface area contributed by atoms with Gasteiger partial charge in [-0.2, -0.15) is 0 Å². The number of rotatable bonds is 4. The second kappa shape index (κ2) is 4.73. The van der Waals surface area contributed by atoms with E-state index in [0.717, 1.165) is 25.1 Å². The Morgan fingerprint density at radius 1 is 1.47 bits per heavy atom. The highest BCUT2D eigenvalue weighted by atomic mass is 19.1. The summed E-state index contributed by atoms with van der Waals surface area (Å²) in [6, 6.07) is 3.88. The summed E-state index contributed by atoms with van der Waals surface area (Å²) < 4.78 is 12.8. The van der Waals surface area contributed by atoms with Gasteiger partial charge in [0.15, 0.2) is 0 Å². The van der Waals surface area contributed by atoms with Gasteiger partial charge in [-0.3, -0.25) is 4.98 Å². The van der Waals surface area contributed by atoms with Crippen LogP contribution < -0.4 is 5.32 Å². The van der Waals surface area contributed by atoms with Crippen LogP contribution in [0.5, 0.6) is 0 Å². The normalized spacial score (nSPS) is 26.6. The molecule has 0 bridgehead atoms. The molecule has 1 fully saturated rings. The van der Waals surface area contributed by atoms with Crippen LogP contribution in [0.2, 0.25) is 0 Å². The Balaban J connectivity index is 2.03. The van der Waals surface area contributed by atoms with Crippen LogP contribution in [-0.2, 0) is 0 Å². The van der Waals surface area contributed by atoms with Crippen molar-refractivity contribution >= 4 is 0 Å². The van der Waals surface area contributed by atoms with Crippen LogP contribution in [0.1, 0.15) is 45.2 Å². The van der Waals surface area contributed by atoms with Crippen LogP contribution in [0.25, 0.3) is 0 Å². The number of nitrogens with zero attached hydrogens (tertiary/aromatic N) is 1. The van der Waals surface area contributed by atoms with E-state index in [1.54, 1.807) is 0 Å². The zero-order valence-corrected chi connectivity index (χ0v) is 10.8. The molecule has 2 unspecified atom stereocenters. The smallest absolute Gasteiger partial charge is 0.141 e. The molecular formula is C14H21FN2. The van der Waals surface area contributed by atoms with Gasteiger partial charge in [0.1, 0.15) is 5.82 Å². The fourth-order valence-electron chi connectivity index (χ4n) is 2.69. The molecule has 17 heavy (non-hydrogen) atoms. The van der Waals surface area contributed by atoms with Crippen LogP contribution in [-0.4, -0.2) is 17.6 Å². The first kappa shape index (κ1) is 12.5. The van der Waals surface area contributed by atoms with Gasteiger partial charge in [0.05, 0.1) is 6.20 Å². The maximum absolute atomic E-state index is 12.8. The Labute approximate surface area is 103 Å². The van der Waals surface area contributed by atoms with Crippen molar-refractivity contribution in [3.63, 3.8) is 0 Å². The van der Waals surface area contributed by atoms with Gasteiger partial charge in [-0.1, -0.05) is 20.8 Å².